The van der Waals surface area contributed by atoms with Crippen LogP contribution in [-0.4, -0.2) is 70.8 Å². The summed E-state index contributed by atoms with van der Waals surface area (Å²) in [5.41, 5.74) is 4.88. The van der Waals surface area contributed by atoms with E-state index in [2.05, 4.69) is 43.3 Å². The Morgan fingerprint density at radius 3 is 1.55 bits per heavy atom. The quantitative estimate of drug-likeness (QED) is 0.0995. The fraction of sp³-hybridized carbons (Fsp3) is 0.658. The van der Waals surface area contributed by atoms with Crippen LogP contribution >= 0.6 is 0 Å². The number of benzene rings is 2. The molecule has 0 saturated carbocycles. The molecule has 2 aromatic carbocycles. The minimum atomic E-state index is -0.331. The first-order valence-electron chi connectivity index (χ1n) is 17.5. The maximum absolute atomic E-state index is 12.6. The normalized spacial score (nSPS) is 12.3. The van der Waals surface area contributed by atoms with Crippen molar-refractivity contribution in [3.05, 3.63) is 59.7 Å². The maximum atomic E-state index is 12.6. The van der Waals surface area contributed by atoms with Crippen LogP contribution in [0.2, 0.25) is 0 Å². The van der Waals surface area contributed by atoms with Gasteiger partial charge >= 0.3 is 6.09 Å². The Bertz CT molecular complexity index is 982. The first kappa shape index (κ1) is 36.1. The second kappa shape index (κ2) is 23.0. The molecule has 1 aliphatic carbocycles. The van der Waals surface area contributed by atoms with E-state index in [1.165, 1.54) is 106 Å². The van der Waals surface area contributed by atoms with E-state index in [0.29, 0.717) is 46.2 Å². The summed E-state index contributed by atoms with van der Waals surface area (Å²) >= 11 is 0. The Kier molecular flexibility index (Phi) is 18.9. The van der Waals surface area contributed by atoms with Gasteiger partial charge in [-0.25, -0.2) is 4.79 Å². The zero-order valence-corrected chi connectivity index (χ0v) is 27.7. The van der Waals surface area contributed by atoms with E-state index in [1.807, 2.05) is 12.1 Å². The van der Waals surface area contributed by atoms with E-state index < -0.39 is 0 Å². The molecule has 0 fully saturated rings. The number of fused-ring (bicyclic) bond motifs is 3. The molecule has 1 amide bonds. The maximum Gasteiger partial charge on any atom is 0.409 e. The first-order valence-corrected chi connectivity index (χ1v) is 17.5. The van der Waals surface area contributed by atoms with Crippen LogP contribution in [0.25, 0.3) is 11.1 Å². The van der Waals surface area contributed by atoms with Gasteiger partial charge < -0.3 is 23.8 Å². The highest BCUT2D eigenvalue weighted by molar-refractivity contribution is 5.79. The lowest BCUT2D eigenvalue weighted by atomic mass is 9.98. The van der Waals surface area contributed by atoms with Gasteiger partial charge in [0.1, 0.15) is 6.61 Å². The average molecular weight is 610 g/mol. The SMILES string of the molecule is CCCCCCCCCCCCCCCCOCCOCCOCCN(C)C(=O)OCC1c2ccccc2-c2ccccc21. The lowest BCUT2D eigenvalue weighted by Crippen LogP contribution is -2.32. The van der Waals surface area contributed by atoms with Crippen LogP contribution in [0.1, 0.15) is 114 Å². The summed E-state index contributed by atoms with van der Waals surface area (Å²) in [6.45, 7) is 6.58. The van der Waals surface area contributed by atoms with Crippen molar-refractivity contribution < 1.29 is 23.7 Å². The molecule has 0 heterocycles. The van der Waals surface area contributed by atoms with Gasteiger partial charge in [-0.3, -0.25) is 0 Å². The second-order valence-corrected chi connectivity index (χ2v) is 12.2. The van der Waals surface area contributed by atoms with Gasteiger partial charge in [0, 0.05) is 26.1 Å². The van der Waals surface area contributed by atoms with Crippen LogP contribution in [0.15, 0.2) is 48.5 Å². The number of amides is 1. The van der Waals surface area contributed by atoms with Crippen LogP contribution in [0.4, 0.5) is 4.79 Å². The summed E-state index contributed by atoms with van der Waals surface area (Å²) < 4.78 is 22.7. The smallest absolute Gasteiger partial charge is 0.409 e. The third-order valence-electron chi connectivity index (χ3n) is 8.61. The van der Waals surface area contributed by atoms with Gasteiger partial charge in [0.05, 0.1) is 33.0 Å². The Hall–Kier alpha value is -2.41. The highest BCUT2D eigenvalue weighted by Crippen LogP contribution is 2.44. The number of ether oxygens (including phenoxy) is 4. The number of hydrogen-bond acceptors (Lipinski definition) is 5. The molecule has 0 radical (unpaired) electrons. The molecule has 0 spiro atoms. The summed E-state index contributed by atoms with van der Waals surface area (Å²) in [6, 6.07) is 16.7. The molecule has 0 bridgehead atoms. The average Bonchev–Trinajstić information content (AvgIpc) is 3.37. The molecule has 1 aliphatic rings. The number of unbranched alkanes of at least 4 members (excludes halogenated alkanes) is 13. The lowest BCUT2D eigenvalue weighted by Gasteiger charge is -2.19. The molecular formula is C38H59NO5. The van der Waals surface area contributed by atoms with Crippen molar-refractivity contribution in [2.45, 2.75) is 103 Å². The van der Waals surface area contributed by atoms with Gasteiger partial charge in [-0.2, -0.15) is 0 Å². The lowest BCUT2D eigenvalue weighted by molar-refractivity contribution is 0.0105. The molecule has 44 heavy (non-hydrogen) atoms. The number of hydrogen-bond donors (Lipinski definition) is 0. The van der Waals surface area contributed by atoms with Crippen LogP contribution in [-0.2, 0) is 18.9 Å². The van der Waals surface area contributed by atoms with Gasteiger partial charge in [-0.1, -0.05) is 139 Å². The number of carbonyl (C=O) groups excluding carboxylic acids is 1. The molecule has 0 unspecified atom stereocenters. The highest BCUT2D eigenvalue weighted by Gasteiger charge is 2.29. The Morgan fingerprint density at radius 1 is 0.591 bits per heavy atom. The van der Waals surface area contributed by atoms with Gasteiger partial charge in [-0.15, -0.1) is 0 Å². The third-order valence-corrected chi connectivity index (χ3v) is 8.61. The van der Waals surface area contributed by atoms with Crippen LogP contribution in [0.3, 0.4) is 0 Å². The van der Waals surface area contributed by atoms with Crippen LogP contribution < -0.4 is 0 Å². The van der Waals surface area contributed by atoms with Crippen molar-refractivity contribution in [2.24, 2.45) is 0 Å². The summed E-state index contributed by atoms with van der Waals surface area (Å²) in [5, 5.41) is 0. The summed E-state index contributed by atoms with van der Waals surface area (Å²) in [4.78, 5) is 14.2. The summed E-state index contributed by atoms with van der Waals surface area (Å²) in [7, 11) is 1.74. The second-order valence-electron chi connectivity index (χ2n) is 12.2. The summed E-state index contributed by atoms with van der Waals surface area (Å²) in [6.07, 6.45) is 18.9. The molecule has 0 aliphatic heterocycles. The van der Waals surface area contributed by atoms with E-state index in [0.717, 1.165) is 13.0 Å². The number of nitrogens with zero attached hydrogens (tertiary/aromatic N) is 1. The van der Waals surface area contributed by atoms with Gasteiger partial charge in [-0.05, 0) is 28.7 Å². The fourth-order valence-corrected chi connectivity index (χ4v) is 5.94. The molecule has 0 atom stereocenters. The number of likely N-dealkylation sites (N-methyl/N-ethyl adjacent to an activating group) is 1. The van der Waals surface area contributed by atoms with E-state index in [1.54, 1.807) is 11.9 Å². The molecular weight excluding hydrogens is 550 g/mol. The van der Waals surface area contributed by atoms with Crippen molar-refractivity contribution >= 4 is 6.09 Å². The van der Waals surface area contributed by atoms with E-state index in [-0.39, 0.29) is 12.0 Å². The molecule has 0 N–H and O–H groups in total. The minimum Gasteiger partial charge on any atom is -0.448 e. The molecule has 2 aromatic rings. The molecule has 0 aromatic heterocycles. The van der Waals surface area contributed by atoms with Crippen LogP contribution in [0, 0.1) is 0 Å². The van der Waals surface area contributed by atoms with E-state index >= 15 is 0 Å². The Labute approximate surface area is 267 Å². The monoisotopic (exact) mass is 609 g/mol. The van der Waals surface area contributed by atoms with Gasteiger partial charge in [0.15, 0.2) is 0 Å². The topological polar surface area (TPSA) is 57.2 Å². The van der Waals surface area contributed by atoms with E-state index in [4.69, 9.17) is 18.9 Å². The Balaban J connectivity index is 1.06. The van der Waals surface area contributed by atoms with Crippen molar-refractivity contribution in [3.63, 3.8) is 0 Å². The van der Waals surface area contributed by atoms with Gasteiger partial charge in [0.25, 0.3) is 0 Å². The molecule has 6 nitrogen and oxygen atoms in total. The fourth-order valence-electron chi connectivity index (χ4n) is 5.94. The summed E-state index contributed by atoms with van der Waals surface area (Å²) in [5.74, 6) is 0.0661. The van der Waals surface area contributed by atoms with Crippen molar-refractivity contribution in [3.8, 4) is 11.1 Å². The Morgan fingerprint density at radius 2 is 1.02 bits per heavy atom. The van der Waals surface area contributed by atoms with Gasteiger partial charge in [0.2, 0.25) is 0 Å². The molecule has 246 valence electrons. The van der Waals surface area contributed by atoms with Crippen LogP contribution in [0.5, 0.6) is 0 Å². The molecule has 0 saturated heterocycles. The zero-order valence-electron chi connectivity index (χ0n) is 27.7. The third kappa shape index (κ3) is 13.7. The standard InChI is InChI=1S/C38H59NO5/c1-3-4-5-6-7-8-9-10-11-12-13-14-15-20-26-41-28-30-43-31-29-42-27-25-39(2)38(40)44-32-37-35-23-18-16-21-33(35)34-22-17-19-24-36(34)37/h16-19,21-24,37H,3-15,20,25-32H2,1-2H3. The van der Waals surface area contributed by atoms with Crippen molar-refractivity contribution in [1.29, 1.82) is 0 Å². The minimum absolute atomic E-state index is 0.0661. The highest BCUT2D eigenvalue weighted by atomic mass is 16.6. The number of rotatable bonds is 26. The molecule has 6 heteroatoms. The first-order chi connectivity index (χ1) is 21.7. The number of carbonyl (C=O) groups is 1. The van der Waals surface area contributed by atoms with Crippen molar-refractivity contribution in [1.82, 2.24) is 4.90 Å². The predicted molar refractivity (Wildman–Crippen MR) is 180 cm³/mol. The largest absolute Gasteiger partial charge is 0.448 e. The zero-order chi connectivity index (χ0) is 31.1. The molecule has 3 rings (SSSR count). The van der Waals surface area contributed by atoms with E-state index in [9.17, 15) is 4.79 Å². The van der Waals surface area contributed by atoms with Crippen molar-refractivity contribution in [2.75, 3.05) is 59.8 Å². The predicted octanol–water partition coefficient (Wildman–Crippen LogP) is 9.40.